The Kier molecular flexibility index (Phi) is 3.82. The Morgan fingerprint density at radius 3 is 2.65 bits per heavy atom. The first-order valence-electron chi connectivity index (χ1n) is 7.44. The van der Waals surface area contributed by atoms with Crippen LogP contribution in [-0.2, 0) is 21.6 Å². The molecule has 0 aromatic carbocycles. The molecule has 2 aliphatic rings. The second-order valence-corrected chi connectivity index (χ2v) is 6.95. The van der Waals surface area contributed by atoms with Crippen molar-refractivity contribution in [3.8, 4) is 0 Å². The molecule has 0 amide bonds. The minimum Gasteiger partial charge on any atom is -0.481 e. The summed E-state index contributed by atoms with van der Waals surface area (Å²) in [5.74, 6) is -1.15. The van der Waals surface area contributed by atoms with E-state index in [9.17, 15) is 9.90 Å². The second kappa shape index (κ2) is 5.45. The molecule has 0 saturated heterocycles. The van der Waals surface area contributed by atoms with Crippen LogP contribution in [-0.4, -0.2) is 23.2 Å². The Balaban J connectivity index is 1.94. The highest BCUT2D eigenvalue weighted by molar-refractivity contribution is 7.12. The number of hydrogen-bond donors (Lipinski definition) is 1. The zero-order valence-electron chi connectivity index (χ0n) is 11.9. The number of methoxy groups -OCH3 is 1. The lowest BCUT2D eigenvalue weighted by Crippen LogP contribution is -2.28. The third kappa shape index (κ3) is 2.27. The Morgan fingerprint density at radius 1 is 1.35 bits per heavy atom. The largest absolute Gasteiger partial charge is 0.481 e. The van der Waals surface area contributed by atoms with E-state index in [1.807, 2.05) is 0 Å². The molecule has 1 saturated carbocycles. The van der Waals surface area contributed by atoms with Gasteiger partial charge in [-0.1, -0.05) is 25.7 Å². The van der Waals surface area contributed by atoms with Crippen molar-refractivity contribution in [2.45, 2.75) is 62.9 Å². The number of carbonyl (C=O) groups is 1. The van der Waals surface area contributed by atoms with Crippen LogP contribution >= 0.6 is 11.3 Å². The number of carboxylic acids is 1. The van der Waals surface area contributed by atoms with E-state index in [4.69, 9.17) is 9.72 Å². The van der Waals surface area contributed by atoms with Gasteiger partial charge < -0.3 is 9.84 Å². The van der Waals surface area contributed by atoms with Gasteiger partial charge in [-0.15, -0.1) is 11.3 Å². The fourth-order valence-electron chi connectivity index (χ4n) is 3.47. The summed E-state index contributed by atoms with van der Waals surface area (Å²) in [6.45, 7) is 0. The molecule has 1 aromatic heterocycles. The molecule has 5 heteroatoms. The molecule has 1 aromatic rings. The Hall–Kier alpha value is -0.940. The van der Waals surface area contributed by atoms with Crippen molar-refractivity contribution in [1.29, 1.82) is 0 Å². The van der Waals surface area contributed by atoms with Gasteiger partial charge in [0.2, 0.25) is 0 Å². The molecular formula is C15H21NO3S. The van der Waals surface area contributed by atoms with E-state index in [-0.39, 0.29) is 5.60 Å². The van der Waals surface area contributed by atoms with Gasteiger partial charge in [0.1, 0.15) is 16.5 Å². The molecular weight excluding hydrogens is 274 g/mol. The van der Waals surface area contributed by atoms with Crippen molar-refractivity contribution < 1.29 is 14.6 Å². The molecule has 0 bridgehead atoms. The molecule has 4 nitrogen and oxygen atoms in total. The fraction of sp³-hybridized carbons (Fsp3) is 0.733. The van der Waals surface area contributed by atoms with Gasteiger partial charge in [-0.2, -0.15) is 0 Å². The van der Waals surface area contributed by atoms with Crippen LogP contribution in [0.15, 0.2) is 0 Å². The molecule has 0 aliphatic heterocycles. The summed E-state index contributed by atoms with van der Waals surface area (Å²) in [6.07, 6.45) is 8.41. The number of nitrogens with zero attached hydrogens (tertiary/aromatic N) is 1. The highest BCUT2D eigenvalue weighted by Gasteiger charge is 2.40. The number of thiazole rings is 1. The standard InChI is InChI=1S/C15H21NO3S/c1-19-15(8-4-2-3-5-9-15)14-16-12-10(13(17)18)6-7-11(12)20-14/h10H,2-9H2,1H3,(H,17,18). The Morgan fingerprint density at radius 2 is 2.05 bits per heavy atom. The number of aliphatic carboxylic acids is 1. The van der Waals surface area contributed by atoms with Crippen LogP contribution in [0.1, 0.15) is 66.4 Å². The molecule has 110 valence electrons. The van der Waals surface area contributed by atoms with E-state index in [0.29, 0.717) is 6.42 Å². The number of fused-ring (bicyclic) bond motifs is 1. The first-order valence-corrected chi connectivity index (χ1v) is 8.26. The van der Waals surface area contributed by atoms with Gasteiger partial charge in [0.05, 0.1) is 5.69 Å². The average molecular weight is 295 g/mol. The van der Waals surface area contributed by atoms with Gasteiger partial charge in [-0.3, -0.25) is 4.79 Å². The van der Waals surface area contributed by atoms with Crippen molar-refractivity contribution in [3.05, 3.63) is 15.6 Å². The highest BCUT2D eigenvalue weighted by atomic mass is 32.1. The molecule has 0 spiro atoms. The van der Waals surface area contributed by atoms with E-state index < -0.39 is 11.9 Å². The predicted octanol–water partition coefficient (Wildman–Crippen LogP) is 3.45. The Bertz CT molecular complexity index is 503. The summed E-state index contributed by atoms with van der Waals surface area (Å²) in [7, 11) is 1.77. The lowest BCUT2D eigenvalue weighted by atomic mass is 9.95. The number of carboxylic acid groups (broad SMARTS) is 1. The summed E-state index contributed by atoms with van der Waals surface area (Å²) in [5.41, 5.74) is 0.535. The number of hydrogen-bond acceptors (Lipinski definition) is 4. The summed E-state index contributed by atoms with van der Waals surface area (Å²) in [4.78, 5) is 17.2. The van der Waals surface area contributed by atoms with E-state index in [2.05, 4.69) is 0 Å². The normalized spacial score (nSPS) is 25.1. The minimum absolute atomic E-state index is 0.269. The van der Waals surface area contributed by atoms with Gasteiger partial charge in [-0.25, -0.2) is 4.98 Å². The van der Waals surface area contributed by atoms with E-state index in [1.54, 1.807) is 18.4 Å². The maximum Gasteiger partial charge on any atom is 0.312 e. The van der Waals surface area contributed by atoms with Gasteiger partial charge in [-0.05, 0) is 25.7 Å². The van der Waals surface area contributed by atoms with Gasteiger partial charge >= 0.3 is 5.97 Å². The highest BCUT2D eigenvalue weighted by Crippen LogP contribution is 2.45. The monoisotopic (exact) mass is 295 g/mol. The van der Waals surface area contributed by atoms with Crippen LogP contribution in [0.4, 0.5) is 0 Å². The molecule has 0 radical (unpaired) electrons. The molecule has 20 heavy (non-hydrogen) atoms. The lowest BCUT2D eigenvalue weighted by Gasteiger charge is -2.29. The molecule has 3 rings (SSSR count). The average Bonchev–Trinajstić information content (AvgIpc) is 2.91. The summed E-state index contributed by atoms with van der Waals surface area (Å²) < 4.78 is 5.88. The van der Waals surface area contributed by atoms with E-state index >= 15 is 0 Å². The maximum atomic E-state index is 11.3. The maximum absolute atomic E-state index is 11.3. The summed E-state index contributed by atoms with van der Waals surface area (Å²) in [5, 5.41) is 10.3. The Labute approximate surface area is 123 Å². The predicted molar refractivity (Wildman–Crippen MR) is 77.2 cm³/mol. The fourth-order valence-corrected chi connectivity index (χ4v) is 4.83. The van der Waals surface area contributed by atoms with Crippen molar-refractivity contribution in [2.24, 2.45) is 0 Å². The summed E-state index contributed by atoms with van der Waals surface area (Å²) in [6, 6.07) is 0. The van der Waals surface area contributed by atoms with Crippen LogP contribution in [0.2, 0.25) is 0 Å². The first-order chi connectivity index (χ1) is 9.66. The molecule has 1 unspecified atom stereocenters. The van der Waals surface area contributed by atoms with Crippen LogP contribution in [0, 0.1) is 0 Å². The second-order valence-electron chi connectivity index (χ2n) is 5.87. The smallest absolute Gasteiger partial charge is 0.312 e. The van der Waals surface area contributed by atoms with E-state index in [1.165, 1.54) is 25.7 Å². The third-order valence-electron chi connectivity index (χ3n) is 4.71. The van der Waals surface area contributed by atoms with Crippen molar-refractivity contribution in [1.82, 2.24) is 4.98 Å². The molecule has 1 atom stereocenters. The molecule has 1 N–H and O–H groups in total. The van der Waals surface area contributed by atoms with Crippen molar-refractivity contribution in [2.75, 3.05) is 7.11 Å². The molecule has 2 aliphatic carbocycles. The SMILES string of the molecule is COC1(c2nc3c(s2)CCC3C(=O)O)CCCCCC1. The van der Waals surface area contributed by atoms with Crippen molar-refractivity contribution >= 4 is 17.3 Å². The van der Waals surface area contributed by atoms with Gasteiger partial charge in [0, 0.05) is 12.0 Å². The quantitative estimate of drug-likeness (QED) is 0.868. The topological polar surface area (TPSA) is 59.4 Å². The zero-order chi connectivity index (χ0) is 14.2. The van der Waals surface area contributed by atoms with Crippen LogP contribution in [0.25, 0.3) is 0 Å². The zero-order valence-corrected chi connectivity index (χ0v) is 12.7. The van der Waals surface area contributed by atoms with E-state index in [0.717, 1.165) is 34.8 Å². The van der Waals surface area contributed by atoms with Crippen molar-refractivity contribution in [3.63, 3.8) is 0 Å². The lowest BCUT2D eigenvalue weighted by molar-refractivity contribution is -0.138. The number of aromatic nitrogens is 1. The van der Waals surface area contributed by atoms with Crippen LogP contribution in [0.5, 0.6) is 0 Å². The molecule has 1 fully saturated rings. The number of aryl methyl sites for hydroxylation is 1. The molecule has 1 heterocycles. The van der Waals surface area contributed by atoms with Gasteiger partial charge in [0.25, 0.3) is 0 Å². The summed E-state index contributed by atoms with van der Waals surface area (Å²) >= 11 is 1.68. The third-order valence-corrected chi connectivity index (χ3v) is 6.02. The number of rotatable bonds is 3. The minimum atomic E-state index is -0.743. The number of ether oxygens (including phenoxy) is 1. The van der Waals surface area contributed by atoms with Crippen LogP contribution in [0.3, 0.4) is 0 Å². The first kappa shape index (κ1) is 14.0. The van der Waals surface area contributed by atoms with Crippen LogP contribution < -0.4 is 0 Å². The van der Waals surface area contributed by atoms with Gasteiger partial charge in [0.15, 0.2) is 0 Å².